The van der Waals surface area contributed by atoms with E-state index in [0.29, 0.717) is 19.4 Å². The number of sulfonamides is 1. The predicted octanol–water partition coefficient (Wildman–Crippen LogP) is 1.92. The molecule has 0 amide bonds. The molecule has 0 saturated carbocycles. The third-order valence-corrected chi connectivity index (χ3v) is 5.57. The van der Waals surface area contributed by atoms with Gasteiger partial charge in [-0.15, -0.1) is 0 Å². The summed E-state index contributed by atoms with van der Waals surface area (Å²) in [6, 6.07) is -0.677. The molecule has 19 heavy (non-hydrogen) atoms. The van der Waals surface area contributed by atoms with Gasteiger partial charge in [0.15, 0.2) is 0 Å². The summed E-state index contributed by atoms with van der Waals surface area (Å²) >= 11 is 0. The van der Waals surface area contributed by atoms with E-state index in [2.05, 4.69) is 0 Å². The number of nitrogens with zero attached hydrogens (tertiary/aromatic N) is 1. The van der Waals surface area contributed by atoms with E-state index < -0.39 is 32.4 Å². The fraction of sp³-hybridized carbons (Fsp3) is 0.923. The van der Waals surface area contributed by atoms with Crippen molar-refractivity contribution in [3.63, 3.8) is 0 Å². The minimum absolute atomic E-state index is 0.392. The molecule has 1 atom stereocenters. The Balaban J connectivity index is 2.95. The van der Waals surface area contributed by atoms with E-state index in [1.807, 2.05) is 0 Å². The predicted molar refractivity (Wildman–Crippen MR) is 74.2 cm³/mol. The number of carbonyl (C=O) groups is 1. The lowest BCUT2D eigenvalue weighted by molar-refractivity contribution is -0.158. The first-order chi connectivity index (χ1) is 8.36. The maximum atomic E-state index is 12.5. The summed E-state index contributed by atoms with van der Waals surface area (Å²) in [5, 5.41) is 0. The van der Waals surface area contributed by atoms with Gasteiger partial charge in [0.05, 0.1) is 4.75 Å². The molecule has 1 saturated heterocycles. The summed E-state index contributed by atoms with van der Waals surface area (Å²) in [6.07, 6.45) is 1.23. The van der Waals surface area contributed by atoms with E-state index in [-0.39, 0.29) is 0 Å². The SMILES string of the molecule is CC(C)(C)OC(=O)[C@@H]1CCCN1S(=O)(=O)C(C)(C)C. The summed E-state index contributed by atoms with van der Waals surface area (Å²) < 4.78 is 30.6. The summed E-state index contributed by atoms with van der Waals surface area (Å²) in [5.41, 5.74) is -0.600. The van der Waals surface area contributed by atoms with Crippen molar-refractivity contribution in [3.8, 4) is 0 Å². The lowest BCUT2D eigenvalue weighted by Crippen LogP contribution is -2.49. The van der Waals surface area contributed by atoms with Gasteiger partial charge in [-0.2, -0.15) is 4.31 Å². The van der Waals surface area contributed by atoms with Crippen LogP contribution in [0.2, 0.25) is 0 Å². The number of esters is 1. The maximum Gasteiger partial charge on any atom is 0.324 e. The standard InChI is InChI=1S/C13H25NO4S/c1-12(2,3)18-11(15)10-8-7-9-14(10)19(16,17)13(4,5)6/h10H,7-9H2,1-6H3/t10-/m0/s1. The van der Waals surface area contributed by atoms with Gasteiger partial charge in [0.1, 0.15) is 11.6 Å². The van der Waals surface area contributed by atoms with Crippen molar-refractivity contribution in [2.24, 2.45) is 0 Å². The Kier molecular flexibility index (Phi) is 4.37. The average Bonchev–Trinajstić information content (AvgIpc) is 2.60. The summed E-state index contributed by atoms with van der Waals surface area (Å²) in [4.78, 5) is 12.1. The number of hydrogen-bond acceptors (Lipinski definition) is 4. The largest absolute Gasteiger partial charge is 0.459 e. The molecule has 1 fully saturated rings. The van der Waals surface area contributed by atoms with Crippen molar-refractivity contribution in [3.05, 3.63) is 0 Å². The molecule has 0 aromatic carbocycles. The van der Waals surface area contributed by atoms with Crippen LogP contribution in [-0.4, -0.2) is 41.6 Å². The molecule has 0 bridgehead atoms. The molecule has 0 aromatic heterocycles. The summed E-state index contributed by atoms with van der Waals surface area (Å²) in [7, 11) is -3.49. The molecule has 0 radical (unpaired) electrons. The lowest BCUT2D eigenvalue weighted by Gasteiger charge is -2.31. The average molecular weight is 291 g/mol. The van der Waals surface area contributed by atoms with Crippen LogP contribution in [0.5, 0.6) is 0 Å². The highest BCUT2D eigenvalue weighted by Gasteiger charge is 2.45. The summed E-state index contributed by atoms with van der Waals surface area (Å²) in [5.74, 6) is -0.446. The molecule has 112 valence electrons. The highest BCUT2D eigenvalue weighted by molar-refractivity contribution is 7.90. The molecule has 0 spiro atoms. The van der Waals surface area contributed by atoms with Gasteiger partial charge in [-0.05, 0) is 54.4 Å². The Morgan fingerprint density at radius 1 is 1.16 bits per heavy atom. The van der Waals surface area contributed by atoms with E-state index in [1.165, 1.54) is 4.31 Å². The molecule has 1 aliphatic heterocycles. The molecule has 0 unspecified atom stereocenters. The van der Waals surface area contributed by atoms with Crippen LogP contribution in [0, 0.1) is 0 Å². The molecular weight excluding hydrogens is 266 g/mol. The highest BCUT2D eigenvalue weighted by Crippen LogP contribution is 2.29. The van der Waals surface area contributed by atoms with Gasteiger partial charge >= 0.3 is 5.97 Å². The zero-order chi connectivity index (χ0) is 15.1. The number of hydrogen-bond donors (Lipinski definition) is 0. The second-order valence-corrected chi connectivity index (χ2v) is 9.56. The van der Waals surface area contributed by atoms with Gasteiger partial charge in [0.2, 0.25) is 10.0 Å². The van der Waals surface area contributed by atoms with Crippen LogP contribution in [-0.2, 0) is 19.6 Å². The first-order valence-electron chi connectivity index (χ1n) is 6.60. The van der Waals surface area contributed by atoms with Crippen LogP contribution in [0.4, 0.5) is 0 Å². The molecule has 1 rings (SSSR count). The first-order valence-corrected chi connectivity index (χ1v) is 8.04. The Morgan fingerprint density at radius 2 is 1.68 bits per heavy atom. The lowest BCUT2D eigenvalue weighted by atomic mass is 10.2. The molecule has 0 N–H and O–H groups in total. The second kappa shape index (κ2) is 5.05. The molecular formula is C13H25NO4S. The zero-order valence-corrected chi connectivity index (χ0v) is 13.5. The van der Waals surface area contributed by atoms with E-state index in [9.17, 15) is 13.2 Å². The minimum atomic E-state index is -3.49. The van der Waals surface area contributed by atoms with Crippen molar-refractivity contribution in [1.82, 2.24) is 4.31 Å². The third-order valence-electron chi connectivity index (χ3n) is 2.97. The van der Waals surface area contributed by atoms with Crippen molar-refractivity contribution >= 4 is 16.0 Å². The van der Waals surface area contributed by atoms with Gasteiger partial charge in [-0.25, -0.2) is 8.42 Å². The fourth-order valence-electron chi connectivity index (χ4n) is 1.98. The molecule has 1 aliphatic rings. The molecule has 0 aliphatic carbocycles. The molecule has 5 nitrogen and oxygen atoms in total. The Bertz CT molecular complexity index is 442. The quantitative estimate of drug-likeness (QED) is 0.729. The molecule has 1 heterocycles. The minimum Gasteiger partial charge on any atom is -0.459 e. The van der Waals surface area contributed by atoms with Gasteiger partial charge < -0.3 is 4.74 Å². The van der Waals surface area contributed by atoms with Crippen LogP contribution in [0.15, 0.2) is 0 Å². The smallest absolute Gasteiger partial charge is 0.324 e. The van der Waals surface area contributed by atoms with Crippen molar-refractivity contribution in [2.75, 3.05) is 6.54 Å². The van der Waals surface area contributed by atoms with Crippen molar-refractivity contribution in [1.29, 1.82) is 0 Å². The number of carbonyl (C=O) groups excluding carboxylic acids is 1. The fourth-order valence-corrected chi connectivity index (χ4v) is 3.58. The zero-order valence-electron chi connectivity index (χ0n) is 12.7. The number of ether oxygens (including phenoxy) is 1. The maximum absolute atomic E-state index is 12.5. The third kappa shape index (κ3) is 3.69. The van der Waals surface area contributed by atoms with E-state index in [4.69, 9.17) is 4.74 Å². The molecule has 0 aromatic rings. The van der Waals surface area contributed by atoms with Crippen LogP contribution in [0.3, 0.4) is 0 Å². The Labute approximate surface area is 116 Å². The second-order valence-electron chi connectivity index (χ2n) is 6.92. The number of rotatable bonds is 2. The van der Waals surface area contributed by atoms with Gasteiger partial charge in [0, 0.05) is 6.54 Å². The topological polar surface area (TPSA) is 63.7 Å². The summed E-state index contributed by atoms with van der Waals surface area (Å²) in [6.45, 7) is 10.7. The highest BCUT2D eigenvalue weighted by atomic mass is 32.2. The van der Waals surface area contributed by atoms with E-state index >= 15 is 0 Å². The monoisotopic (exact) mass is 291 g/mol. The Morgan fingerprint density at radius 3 is 2.11 bits per heavy atom. The Hall–Kier alpha value is -0.620. The molecule has 6 heteroatoms. The van der Waals surface area contributed by atoms with Gasteiger partial charge in [-0.3, -0.25) is 4.79 Å². The normalized spacial score (nSPS) is 22.5. The van der Waals surface area contributed by atoms with Crippen molar-refractivity contribution in [2.45, 2.75) is 70.8 Å². The van der Waals surface area contributed by atoms with Crippen LogP contribution in [0.25, 0.3) is 0 Å². The first kappa shape index (κ1) is 16.4. The van der Waals surface area contributed by atoms with Crippen LogP contribution >= 0.6 is 0 Å². The van der Waals surface area contributed by atoms with E-state index in [0.717, 1.165) is 0 Å². The van der Waals surface area contributed by atoms with Crippen LogP contribution < -0.4 is 0 Å². The van der Waals surface area contributed by atoms with Crippen molar-refractivity contribution < 1.29 is 17.9 Å². The van der Waals surface area contributed by atoms with Crippen LogP contribution in [0.1, 0.15) is 54.4 Å². The van der Waals surface area contributed by atoms with E-state index in [1.54, 1.807) is 41.5 Å². The van der Waals surface area contributed by atoms with Gasteiger partial charge in [-0.1, -0.05) is 0 Å². The van der Waals surface area contributed by atoms with Gasteiger partial charge in [0.25, 0.3) is 0 Å².